The Morgan fingerprint density at radius 3 is 2.44 bits per heavy atom. The second-order valence-electron chi connectivity index (χ2n) is 3.67. The molecule has 0 saturated heterocycles. The highest BCUT2D eigenvalue weighted by molar-refractivity contribution is 5.79. The van der Waals surface area contributed by atoms with Crippen molar-refractivity contribution >= 4 is 11.8 Å². The van der Waals surface area contributed by atoms with Gasteiger partial charge in [0.15, 0.2) is 0 Å². The number of carbonyl (C=O) groups excluding carboxylic acids is 2. The average Bonchev–Trinajstić information content (AvgIpc) is 2.16. The van der Waals surface area contributed by atoms with E-state index in [1.165, 1.54) is 6.92 Å². The van der Waals surface area contributed by atoms with E-state index in [-0.39, 0.29) is 31.3 Å². The van der Waals surface area contributed by atoms with Crippen molar-refractivity contribution in [3.63, 3.8) is 0 Å². The van der Waals surface area contributed by atoms with Gasteiger partial charge in [-0.25, -0.2) is 0 Å². The van der Waals surface area contributed by atoms with Crippen LogP contribution < -0.4 is 10.6 Å². The van der Waals surface area contributed by atoms with Gasteiger partial charge >= 0.3 is 0 Å². The van der Waals surface area contributed by atoms with Crippen molar-refractivity contribution in [2.24, 2.45) is 0 Å². The first-order valence-electron chi connectivity index (χ1n) is 5.32. The maximum absolute atomic E-state index is 11.4. The van der Waals surface area contributed by atoms with Crippen LogP contribution in [0.25, 0.3) is 0 Å². The van der Waals surface area contributed by atoms with Gasteiger partial charge in [-0.2, -0.15) is 0 Å². The lowest BCUT2D eigenvalue weighted by Gasteiger charge is -2.26. The number of hydrogen-bond donors (Lipinski definition) is 4. The summed E-state index contributed by atoms with van der Waals surface area (Å²) in [6.45, 7) is 3.32. The van der Waals surface area contributed by atoms with Crippen molar-refractivity contribution in [1.82, 2.24) is 10.6 Å². The van der Waals surface area contributed by atoms with Gasteiger partial charge in [0.1, 0.15) is 5.72 Å². The summed E-state index contributed by atoms with van der Waals surface area (Å²) in [5.41, 5.74) is -1.49. The van der Waals surface area contributed by atoms with E-state index in [4.69, 9.17) is 5.11 Å². The molecule has 0 aliphatic carbocycles. The molecule has 0 radical (unpaired) electrons. The molecule has 0 rings (SSSR count). The lowest BCUT2D eigenvalue weighted by Crippen LogP contribution is -2.50. The molecule has 1 unspecified atom stereocenters. The van der Waals surface area contributed by atoms with E-state index in [9.17, 15) is 14.7 Å². The van der Waals surface area contributed by atoms with Gasteiger partial charge in [-0.05, 0) is 12.8 Å². The highest BCUT2D eigenvalue weighted by atomic mass is 16.3. The van der Waals surface area contributed by atoms with Gasteiger partial charge in [-0.15, -0.1) is 0 Å². The first kappa shape index (κ1) is 14.9. The summed E-state index contributed by atoms with van der Waals surface area (Å²) in [6.07, 6.45) is 0.533. The zero-order chi connectivity index (χ0) is 12.6. The number of carbonyl (C=O) groups is 2. The van der Waals surface area contributed by atoms with E-state index in [1.807, 2.05) is 0 Å². The van der Waals surface area contributed by atoms with Crippen LogP contribution >= 0.6 is 0 Å². The first-order chi connectivity index (χ1) is 7.43. The van der Waals surface area contributed by atoms with Crippen molar-refractivity contribution in [1.29, 1.82) is 0 Å². The zero-order valence-electron chi connectivity index (χ0n) is 9.75. The van der Waals surface area contributed by atoms with Crippen molar-refractivity contribution in [3.8, 4) is 0 Å². The number of amides is 2. The van der Waals surface area contributed by atoms with E-state index < -0.39 is 5.72 Å². The third-order valence-corrected chi connectivity index (χ3v) is 2.10. The van der Waals surface area contributed by atoms with Crippen molar-refractivity contribution in [3.05, 3.63) is 0 Å². The molecule has 0 aliphatic rings. The second-order valence-corrected chi connectivity index (χ2v) is 3.67. The summed E-state index contributed by atoms with van der Waals surface area (Å²) in [6, 6.07) is 0. The van der Waals surface area contributed by atoms with Gasteiger partial charge < -0.3 is 20.8 Å². The molecule has 0 heterocycles. The molecule has 6 nitrogen and oxygen atoms in total. The second kappa shape index (κ2) is 7.19. The quantitative estimate of drug-likeness (QED) is 0.338. The van der Waals surface area contributed by atoms with Crippen molar-refractivity contribution in [2.45, 2.75) is 38.8 Å². The molecule has 0 aromatic carbocycles. The number of aliphatic hydroxyl groups is 2. The fourth-order valence-electron chi connectivity index (χ4n) is 1.22. The molecule has 0 saturated carbocycles. The summed E-state index contributed by atoms with van der Waals surface area (Å²) in [5, 5.41) is 23.3. The van der Waals surface area contributed by atoms with Crippen LogP contribution in [0.15, 0.2) is 0 Å². The van der Waals surface area contributed by atoms with Crippen LogP contribution in [0.3, 0.4) is 0 Å². The molecule has 4 N–H and O–H groups in total. The van der Waals surface area contributed by atoms with Crippen LogP contribution in [0.4, 0.5) is 0 Å². The van der Waals surface area contributed by atoms with E-state index in [0.29, 0.717) is 13.0 Å². The Morgan fingerprint density at radius 2 is 2.00 bits per heavy atom. The maximum atomic E-state index is 11.4. The molecule has 0 spiro atoms. The molecule has 1 atom stereocenters. The van der Waals surface area contributed by atoms with Crippen LogP contribution in [0.5, 0.6) is 0 Å². The van der Waals surface area contributed by atoms with Crippen LogP contribution in [-0.4, -0.2) is 40.9 Å². The largest absolute Gasteiger partial charge is 0.396 e. The lowest BCUT2D eigenvalue weighted by molar-refractivity contribution is -0.133. The third-order valence-electron chi connectivity index (χ3n) is 2.10. The van der Waals surface area contributed by atoms with E-state index in [2.05, 4.69) is 10.6 Å². The molecule has 0 fully saturated rings. The van der Waals surface area contributed by atoms with Gasteiger partial charge in [-0.1, -0.05) is 6.92 Å². The van der Waals surface area contributed by atoms with Crippen LogP contribution in [0.1, 0.15) is 33.1 Å². The van der Waals surface area contributed by atoms with E-state index in [0.717, 1.165) is 0 Å². The summed E-state index contributed by atoms with van der Waals surface area (Å²) in [5.74, 6) is -0.737. The van der Waals surface area contributed by atoms with Gasteiger partial charge in [0.2, 0.25) is 11.8 Å². The minimum Gasteiger partial charge on any atom is -0.396 e. The molecular formula is C10H20N2O4. The minimum absolute atomic E-state index is 0.00399. The van der Waals surface area contributed by atoms with Crippen molar-refractivity contribution in [2.75, 3.05) is 13.2 Å². The standard InChI is InChI=1S/C10H20N2O4/c1-3-10(16,12-8(2)14)7-9(15)11-5-4-6-13/h13,16H,3-7H2,1-2H3,(H,11,15)(H,12,14). The van der Waals surface area contributed by atoms with E-state index >= 15 is 0 Å². The van der Waals surface area contributed by atoms with Crippen LogP contribution in [-0.2, 0) is 9.59 Å². The predicted octanol–water partition coefficient (Wildman–Crippen LogP) is -0.890. The fourth-order valence-corrected chi connectivity index (χ4v) is 1.22. The first-order valence-corrected chi connectivity index (χ1v) is 5.32. The molecule has 6 heteroatoms. The molecular weight excluding hydrogens is 212 g/mol. The molecule has 2 amide bonds. The maximum Gasteiger partial charge on any atom is 0.224 e. The zero-order valence-corrected chi connectivity index (χ0v) is 9.75. The monoisotopic (exact) mass is 232 g/mol. The topological polar surface area (TPSA) is 98.7 Å². The van der Waals surface area contributed by atoms with E-state index in [1.54, 1.807) is 6.92 Å². The molecule has 0 aliphatic heterocycles. The Bertz CT molecular complexity index is 245. The third kappa shape index (κ3) is 6.36. The Labute approximate surface area is 95.0 Å². The SMILES string of the molecule is CCC(O)(CC(=O)NCCCO)NC(C)=O. The Hall–Kier alpha value is -1.14. The van der Waals surface area contributed by atoms with Gasteiger partial charge in [0.05, 0.1) is 6.42 Å². The van der Waals surface area contributed by atoms with Crippen LogP contribution in [0.2, 0.25) is 0 Å². The predicted molar refractivity (Wildman–Crippen MR) is 58.4 cm³/mol. The number of nitrogens with one attached hydrogen (secondary N) is 2. The van der Waals surface area contributed by atoms with Crippen LogP contribution in [0, 0.1) is 0 Å². The highest BCUT2D eigenvalue weighted by Gasteiger charge is 2.28. The lowest BCUT2D eigenvalue weighted by atomic mass is 10.1. The molecule has 16 heavy (non-hydrogen) atoms. The fraction of sp³-hybridized carbons (Fsp3) is 0.800. The number of hydrogen-bond acceptors (Lipinski definition) is 4. The summed E-state index contributed by atoms with van der Waals surface area (Å²) in [4.78, 5) is 22.2. The van der Waals surface area contributed by atoms with Gasteiger partial charge in [-0.3, -0.25) is 9.59 Å². The Kier molecular flexibility index (Phi) is 6.67. The van der Waals surface area contributed by atoms with Crippen molar-refractivity contribution < 1.29 is 19.8 Å². The summed E-state index contributed by atoms with van der Waals surface area (Å²) < 4.78 is 0. The molecule has 0 aromatic heterocycles. The number of rotatable bonds is 7. The highest BCUT2D eigenvalue weighted by Crippen LogP contribution is 2.10. The Balaban J connectivity index is 4.09. The summed E-state index contributed by atoms with van der Waals surface area (Å²) in [7, 11) is 0. The Morgan fingerprint density at radius 1 is 1.38 bits per heavy atom. The average molecular weight is 232 g/mol. The smallest absolute Gasteiger partial charge is 0.224 e. The molecule has 94 valence electrons. The molecule has 0 bridgehead atoms. The summed E-state index contributed by atoms with van der Waals surface area (Å²) >= 11 is 0. The number of aliphatic hydroxyl groups excluding tert-OH is 1. The van der Waals surface area contributed by atoms with Gasteiger partial charge in [0, 0.05) is 20.1 Å². The normalized spacial score (nSPS) is 14.0. The molecule has 0 aromatic rings. The minimum atomic E-state index is -1.49. The van der Waals surface area contributed by atoms with Gasteiger partial charge in [0.25, 0.3) is 0 Å².